The van der Waals surface area contributed by atoms with Gasteiger partial charge in [0, 0.05) is 38.3 Å². The summed E-state index contributed by atoms with van der Waals surface area (Å²) in [6.45, 7) is 0.477. The lowest BCUT2D eigenvalue weighted by atomic mass is 10.1. The summed E-state index contributed by atoms with van der Waals surface area (Å²) < 4.78 is 20.9. The molecule has 4 rings (SSSR count). The minimum atomic E-state index is -0.496. The van der Waals surface area contributed by atoms with Crippen LogP contribution in [0, 0.1) is 11.7 Å². The number of carbonyl (C=O) groups is 2. The van der Waals surface area contributed by atoms with E-state index in [4.69, 9.17) is 4.52 Å². The van der Waals surface area contributed by atoms with Gasteiger partial charge in [0.25, 0.3) is 0 Å². The summed E-state index contributed by atoms with van der Waals surface area (Å²) in [5, 5.41) is 6.65. The van der Waals surface area contributed by atoms with Crippen molar-refractivity contribution in [1.29, 1.82) is 0 Å². The third kappa shape index (κ3) is 4.03. The van der Waals surface area contributed by atoms with Gasteiger partial charge in [-0.25, -0.2) is 4.39 Å². The summed E-state index contributed by atoms with van der Waals surface area (Å²) in [5.74, 6) is -0.579. The van der Waals surface area contributed by atoms with E-state index >= 15 is 0 Å². The van der Waals surface area contributed by atoms with Crippen molar-refractivity contribution in [3.05, 3.63) is 59.9 Å². The van der Waals surface area contributed by atoms with Crippen LogP contribution in [0.15, 0.2) is 47.1 Å². The number of hydrogen-bond donors (Lipinski definition) is 1. The molecule has 3 heterocycles. The van der Waals surface area contributed by atoms with Crippen molar-refractivity contribution >= 4 is 11.8 Å². The lowest BCUT2D eigenvalue weighted by molar-refractivity contribution is -0.129. The first-order valence-corrected chi connectivity index (χ1v) is 9.24. The first-order chi connectivity index (χ1) is 14.0. The number of hydrogen-bond acceptors (Lipinski definition) is 5. The molecule has 0 aliphatic carbocycles. The van der Waals surface area contributed by atoms with Crippen LogP contribution in [0.4, 0.5) is 4.39 Å². The Morgan fingerprint density at radius 1 is 1.31 bits per heavy atom. The molecule has 1 fully saturated rings. The maximum atomic E-state index is 13.8. The SMILES string of the molecule is Cn1cccc1-c1noc(CNC(=O)C2CC(=O)N(Cc3ccccc3F)C2)n1. The summed E-state index contributed by atoms with van der Waals surface area (Å²) in [4.78, 5) is 30.5. The monoisotopic (exact) mass is 397 g/mol. The predicted molar refractivity (Wildman–Crippen MR) is 100 cm³/mol. The second kappa shape index (κ2) is 7.86. The molecule has 2 aromatic heterocycles. The summed E-state index contributed by atoms with van der Waals surface area (Å²) in [7, 11) is 1.87. The van der Waals surface area contributed by atoms with Gasteiger partial charge in [0.15, 0.2) is 0 Å². The van der Waals surface area contributed by atoms with Crippen LogP contribution in [-0.2, 0) is 29.7 Å². The molecule has 0 bridgehead atoms. The number of aryl methyl sites for hydroxylation is 1. The minimum absolute atomic E-state index is 0.0776. The van der Waals surface area contributed by atoms with Crippen LogP contribution >= 0.6 is 0 Å². The molecule has 1 aliphatic rings. The van der Waals surface area contributed by atoms with E-state index in [0.29, 0.717) is 11.4 Å². The third-order valence-corrected chi connectivity index (χ3v) is 4.96. The number of nitrogens with zero attached hydrogens (tertiary/aromatic N) is 4. The molecular weight excluding hydrogens is 377 g/mol. The molecule has 150 valence electrons. The van der Waals surface area contributed by atoms with Crippen LogP contribution in [0.1, 0.15) is 17.9 Å². The van der Waals surface area contributed by atoms with Crippen molar-refractivity contribution in [2.75, 3.05) is 6.54 Å². The number of likely N-dealkylation sites (tertiary alicyclic amines) is 1. The van der Waals surface area contributed by atoms with Crippen molar-refractivity contribution in [2.45, 2.75) is 19.5 Å². The van der Waals surface area contributed by atoms with Gasteiger partial charge in [-0.2, -0.15) is 4.98 Å². The van der Waals surface area contributed by atoms with Crippen molar-refractivity contribution in [3.63, 3.8) is 0 Å². The highest BCUT2D eigenvalue weighted by Gasteiger charge is 2.34. The molecule has 29 heavy (non-hydrogen) atoms. The van der Waals surface area contributed by atoms with Crippen LogP contribution in [0.3, 0.4) is 0 Å². The Bertz CT molecular complexity index is 1040. The maximum Gasteiger partial charge on any atom is 0.246 e. The molecule has 1 atom stereocenters. The van der Waals surface area contributed by atoms with Crippen molar-refractivity contribution in [1.82, 2.24) is 24.9 Å². The van der Waals surface area contributed by atoms with Gasteiger partial charge >= 0.3 is 0 Å². The Hall–Kier alpha value is -3.49. The lowest BCUT2D eigenvalue weighted by Gasteiger charge is -2.17. The highest BCUT2D eigenvalue weighted by molar-refractivity contribution is 5.89. The lowest BCUT2D eigenvalue weighted by Crippen LogP contribution is -2.32. The van der Waals surface area contributed by atoms with Gasteiger partial charge < -0.3 is 19.3 Å². The molecule has 1 N–H and O–H groups in total. The van der Waals surface area contributed by atoms with E-state index in [0.717, 1.165) is 5.69 Å². The van der Waals surface area contributed by atoms with Crippen LogP contribution in [0.2, 0.25) is 0 Å². The van der Waals surface area contributed by atoms with Gasteiger partial charge in [0.1, 0.15) is 5.82 Å². The standard InChI is InChI=1S/C20H20FN5O3/c1-25-8-4-7-16(25)19-23-17(29-24-19)10-22-20(28)14-9-18(27)26(12-14)11-13-5-2-3-6-15(13)21/h2-8,14H,9-12H2,1H3,(H,22,28). The molecule has 0 saturated carbocycles. The van der Waals surface area contributed by atoms with Crippen molar-refractivity contribution in [3.8, 4) is 11.5 Å². The van der Waals surface area contributed by atoms with Gasteiger partial charge in [-0.05, 0) is 18.2 Å². The summed E-state index contributed by atoms with van der Waals surface area (Å²) >= 11 is 0. The topological polar surface area (TPSA) is 93.3 Å². The number of amides is 2. The average molecular weight is 397 g/mol. The molecule has 1 aromatic carbocycles. The number of carbonyl (C=O) groups excluding carboxylic acids is 2. The largest absolute Gasteiger partial charge is 0.348 e. The highest BCUT2D eigenvalue weighted by Crippen LogP contribution is 2.22. The molecular formula is C20H20FN5O3. The smallest absolute Gasteiger partial charge is 0.246 e. The van der Waals surface area contributed by atoms with E-state index in [1.54, 1.807) is 18.2 Å². The van der Waals surface area contributed by atoms with E-state index in [-0.39, 0.29) is 49.6 Å². The number of benzene rings is 1. The quantitative estimate of drug-likeness (QED) is 0.686. The Kier molecular flexibility index (Phi) is 5.11. The second-order valence-corrected chi connectivity index (χ2v) is 7.00. The predicted octanol–water partition coefficient (Wildman–Crippen LogP) is 1.88. The average Bonchev–Trinajstić information content (AvgIpc) is 3.42. The van der Waals surface area contributed by atoms with E-state index in [1.807, 2.05) is 29.9 Å². The highest BCUT2D eigenvalue weighted by atomic mass is 19.1. The molecule has 1 aliphatic heterocycles. The Morgan fingerprint density at radius 3 is 2.90 bits per heavy atom. The van der Waals surface area contributed by atoms with E-state index in [2.05, 4.69) is 15.5 Å². The fourth-order valence-electron chi connectivity index (χ4n) is 3.36. The molecule has 0 spiro atoms. The summed E-state index contributed by atoms with van der Waals surface area (Å²) in [5.41, 5.74) is 1.23. The second-order valence-electron chi connectivity index (χ2n) is 7.00. The summed E-state index contributed by atoms with van der Waals surface area (Å²) in [6, 6.07) is 10.0. The first-order valence-electron chi connectivity index (χ1n) is 9.24. The van der Waals surface area contributed by atoms with Gasteiger partial charge in [0.2, 0.25) is 23.5 Å². The van der Waals surface area contributed by atoms with Gasteiger partial charge in [-0.3, -0.25) is 9.59 Å². The van der Waals surface area contributed by atoms with Crippen LogP contribution in [0.25, 0.3) is 11.5 Å². The van der Waals surface area contributed by atoms with Gasteiger partial charge in [0.05, 0.1) is 18.2 Å². The van der Waals surface area contributed by atoms with Crippen molar-refractivity contribution in [2.24, 2.45) is 13.0 Å². The number of nitrogens with one attached hydrogen (secondary N) is 1. The molecule has 3 aromatic rings. The Morgan fingerprint density at radius 2 is 2.14 bits per heavy atom. The van der Waals surface area contributed by atoms with Crippen LogP contribution < -0.4 is 5.32 Å². The van der Waals surface area contributed by atoms with E-state index in [9.17, 15) is 14.0 Å². The zero-order chi connectivity index (χ0) is 20.4. The molecule has 0 radical (unpaired) electrons. The Labute approximate surface area is 166 Å². The van der Waals surface area contributed by atoms with E-state index in [1.165, 1.54) is 11.0 Å². The van der Waals surface area contributed by atoms with Crippen molar-refractivity contribution < 1.29 is 18.5 Å². The zero-order valence-corrected chi connectivity index (χ0v) is 15.8. The normalized spacial score (nSPS) is 16.4. The minimum Gasteiger partial charge on any atom is -0.348 e. The molecule has 1 unspecified atom stereocenters. The zero-order valence-electron chi connectivity index (χ0n) is 15.8. The fourth-order valence-corrected chi connectivity index (χ4v) is 3.36. The number of rotatable bonds is 6. The Balaban J connectivity index is 1.33. The van der Waals surface area contributed by atoms with Crippen LogP contribution in [-0.4, -0.2) is 38.0 Å². The van der Waals surface area contributed by atoms with Gasteiger partial charge in [-0.15, -0.1) is 0 Å². The molecule has 9 heteroatoms. The van der Waals surface area contributed by atoms with Crippen LogP contribution in [0.5, 0.6) is 0 Å². The summed E-state index contributed by atoms with van der Waals surface area (Å²) in [6.07, 6.45) is 1.97. The first kappa shape index (κ1) is 18.9. The maximum absolute atomic E-state index is 13.8. The van der Waals surface area contributed by atoms with E-state index < -0.39 is 5.92 Å². The third-order valence-electron chi connectivity index (χ3n) is 4.96. The molecule has 8 nitrogen and oxygen atoms in total. The molecule has 2 amide bonds. The van der Waals surface area contributed by atoms with Gasteiger partial charge in [-0.1, -0.05) is 23.4 Å². The number of halogens is 1. The molecule has 1 saturated heterocycles. The number of aromatic nitrogens is 3. The fraction of sp³-hybridized carbons (Fsp3) is 0.300.